The standard InChI is InChI=1S/C17H19NO3/c1-21-12-16-7-3-2-6-15(16)11-18-10-13-5-4-8-14(9-13)17(19)20/h2-9,18H,10-12H2,1H3,(H,19,20). The molecule has 0 aliphatic heterocycles. The molecule has 0 saturated heterocycles. The number of rotatable bonds is 7. The lowest BCUT2D eigenvalue weighted by atomic mass is 10.1. The Labute approximate surface area is 124 Å². The first-order chi connectivity index (χ1) is 10.2. The summed E-state index contributed by atoms with van der Waals surface area (Å²) < 4.78 is 5.18. The number of aromatic carboxylic acids is 1. The van der Waals surface area contributed by atoms with Crippen molar-refractivity contribution in [3.8, 4) is 0 Å². The summed E-state index contributed by atoms with van der Waals surface area (Å²) in [6.45, 7) is 1.94. The fourth-order valence-corrected chi connectivity index (χ4v) is 2.18. The third-order valence-electron chi connectivity index (χ3n) is 3.24. The molecule has 0 fully saturated rings. The number of hydrogen-bond donors (Lipinski definition) is 2. The summed E-state index contributed by atoms with van der Waals surface area (Å²) in [4.78, 5) is 10.9. The van der Waals surface area contributed by atoms with Crippen molar-refractivity contribution >= 4 is 5.97 Å². The topological polar surface area (TPSA) is 58.6 Å². The van der Waals surface area contributed by atoms with Crippen molar-refractivity contribution in [3.05, 3.63) is 70.8 Å². The minimum Gasteiger partial charge on any atom is -0.478 e. The maximum atomic E-state index is 10.9. The highest BCUT2D eigenvalue weighted by atomic mass is 16.5. The molecule has 0 aliphatic carbocycles. The van der Waals surface area contributed by atoms with Crippen molar-refractivity contribution in [2.45, 2.75) is 19.7 Å². The number of carboxylic acid groups (broad SMARTS) is 1. The molecule has 0 spiro atoms. The van der Waals surface area contributed by atoms with Crippen LogP contribution in [0.1, 0.15) is 27.0 Å². The zero-order chi connectivity index (χ0) is 15.1. The summed E-state index contributed by atoms with van der Waals surface area (Å²) in [5.74, 6) is -0.901. The van der Waals surface area contributed by atoms with Gasteiger partial charge in [0.25, 0.3) is 0 Å². The van der Waals surface area contributed by atoms with Gasteiger partial charge in [0.05, 0.1) is 12.2 Å². The maximum Gasteiger partial charge on any atom is 0.335 e. The molecule has 2 aromatic rings. The lowest BCUT2D eigenvalue weighted by Crippen LogP contribution is -2.14. The van der Waals surface area contributed by atoms with Crippen molar-refractivity contribution in [2.24, 2.45) is 0 Å². The van der Waals surface area contributed by atoms with Gasteiger partial charge in [0.2, 0.25) is 0 Å². The van der Waals surface area contributed by atoms with E-state index in [2.05, 4.69) is 11.4 Å². The van der Waals surface area contributed by atoms with Crippen LogP contribution in [-0.4, -0.2) is 18.2 Å². The van der Waals surface area contributed by atoms with Crippen LogP contribution in [0.2, 0.25) is 0 Å². The number of benzene rings is 2. The molecule has 4 nitrogen and oxygen atoms in total. The van der Waals surface area contributed by atoms with Crippen LogP contribution in [0.15, 0.2) is 48.5 Å². The summed E-state index contributed by atoms with van der Waals surface area (Å²) in [7, 11) is 1.68. The second-order valence-electron chi connectivity index (χ2n) is 4.81. The van der Waals surface area contributed by atoms with Crippen LogP contribution in [0.25, 0.3) is 0 Å². The predicted octanol–water partition coefficient (Wildman–Crippen LogP) is 2.82. The Morgan fingerprint density at radius 2 is 1.86 bits per heavy atom. The molecule has 0 atom stereocenters. The van der Waals surface area contributed by atoms with E-state index in [4.69, 9.17) is 9.84 Å². The van der Waals surface area contributed by atoms with Gasteiger partial charge in [-0.1, -0.05) is 36.4 Å². The Balaban J connectivity index is 1.95. The van der Waals surface area contributed by atoms with Gasteiger partial charge in [0.1, 0.15) is 0 Å². The molecular formula is C17H19NO3. The maximum absolute atomic E-state index is 10.9. The van der Waals surface area contributed by atoms with Gasteiger partial charge in [0, 0.05) is 20.2 Å². The Hall–Kier alpha value is -2.17. The van der Waals surface area contributed by atoms with E-state index in [0.29, 0.717) is 18.7 Å². The van der Waals surface area contributed by atoms with E-state index >= 15 is 0 Å². The fraction of sp³-hybridized carbons (Fsp3) is 0.235. The average molecular weight is 285 g/mol. The molecule has 0 heterocycles. The van der Waals surface area contributed by atoms with Gasteiger partial charge in [-0.15, -0.1) is 0 Å². The van der Waals surface area contributed by atoms with E-state index < -0.39 is 5.97 Å². The zero-order valence-corrected chi connectivity index (χ0v) is 12.0. The minimum absolute atomic E-state index is 0.314. The molecule has 4 heteroatoms. The van der Waals surface area contributed by atoms with Crippen molar-refractivity contribution in [2.75, 3.05) is 7.11 Å². The normalized spacial score (nSPS) is 10.5. The second kappa shape index (κ2) is 7.57. The first-order valence-electron chi connectivity index (χ1n) is 6.79. The average Bonchev–Trinajstić information content (AvgIpc) is 2.49. The smallest absolute Gasteiger partial charge is 0.335 e. The quantitative estimate of drug-likeness (QED) is 0.821. The summed E-state index contributed by atoms with van der Waals surface area (Å²) in [6, 6.07) is 15.1. The third kappa shape index (κ3) is 4.41. The fourth-order valence-electron chi connectivity index (χ4n) is 2.18. The largest absolute Gasteiger partial charge is 0.478 e. The van der Waals surface area contributed by atoms with Crippen LogP contribution in [0.5, 0.6) is 0 Å². The van der Waals surface area contributed by atoms with Gasteiger partial charge in [-0.25, -0.2) is 4.79 Å². The van der Waals surface area contributed by atoms with Gasteiger partial charge in [-0.05, 0) is 28.8 Å². The first kappa shape index (κ1) is 15.2. The Kier molecular flexibility index (Phi) is 5.49. The van der Waals surface area contributed by atoms with Crippen LogP contribution < -0.4 is 5.32 Å². The molecule has 110 valence electrons. The van der Waals surface area contributed by atoms with E-state index in [1.807, 2.05) is 24.3 Å². The molecule has 2 rings (SSSR count). The second-order valence-corrected chi connectivity index (χ2v) is 4.81. The van der Waals surface area contributed by atoms with Crippen LogP contribution >= 0.6 is 0 Å². The highest BCUT2D eigenvalue weighted by molar-refractivity contribution is 5.87. The molecule has 0 radical (unpaired) electrons. The lowest BCUT2D eigenvalue weighted by Gasteiger charge is -2.10. The van der Waals surface area contributed by atoms with Gasteiger partial charge < -0.3 is 15.2 Å². The summed E-state index contributed by atoms with van der Waals surface area (Å²) in [6.07, 6.45) is 0. The van der Waals surface area contributed by atoms with Crippen molar-refractivity contribution < 1.29 is 14.6 Å². The molecule has 0 aliphatic rings. The van der Waals surface area contributed by atoms with E-state index in [0.717, 1.165) is 17.7 Å². The first-order valence-corrected chi connectivity index (χ1v) is 6.79. The monoisotopic (exact) mass is 285 g/mol. The summed E-state index contributed by atoms with van der Waals surface area (Å²) in [5, 5.41) is 12.3. The van der Waals surface area contributed by atoms with E-state index in [-0.39, 0.29) is 0 Å². The number of methoxy groups -OCH3 is 1. The number of carbonyl (C=O) groups is 1. The van der Waals surface area contributed by atoms with Crippen LogP contribution in [0, 0.1) is 0 Å². The van der Waals surface area contributed by atoms with E-state index in [9.17, 15) is 4.79 Å². The Morgan fingerprint density at radius 3 is 2.57 bits per heavy atom. The SMILES string of the molecule is COCc1ccccc1CNCc1cccc(C(=O)O)c1. The van der Waals surface area contributed by atoms with Gasteiger partial charge in [0.15, 0.2) is 0 Å². The molecule has 0 saturated carbocycles. The zero-order valence-electron chi connectivity index (χ0n) is 12.0. The van der Waals surface area contributed by atoms with E-state index in [1.165, 1.54) is 5.56 Å². The molecule has 21 heavy (non-hydrogen) atoms. The summed E-state index contributed by atoms with van der Waals surface area (Å²) in [5.41, 5.74) is 3.62. The number of nitrogens with one attached hydrogen (secondary N) is 1. The third-order valence-corrected chi connectivity index (χ3v) is 3.24. The lowest BCUT2D eigenvalue weighted by molar-refractivity contribution is 0.0696. The minimum atomic E-state index is -0.901. The van der Waals surface area contributed by atoms with Gasteiger partial charge in [-0.2, -0.15) is 0 Å². The molecule has 2 aromatic carbocycles. The van der Waals surface area contributed by atoms with Crippen molar-refractivity contribution in [3.63, 3.8) is 0 Å². The van der Waals surface area contributed by atoms with Crippen LogP contribution in [0.4, 0.5) is 0 Å². The molecular weight excluding hydrogens is 266 g/mol. The Morgan fingerprint density at radius 1 is 1.10 bits per heavy atom. The van der Waals surface area contributed by atoms with Crippen molar-refractivity contribution in [1.29, 1.82) is 0 Å². The number of hydrogen-bond acceptors (Lipinski definition) is 3. The molecule has 0 bridgehead atoms. The van der Waals surface area contributed by atoms with Crippen molar-refractivity contribution in [1.82, 2.24) is 5.32 Å². The highest BCUT2D eigenvalue weighted by Gasteiger charge is 2.04. The van der Waals surface area contributed by atoms with Gasteiger partial charge >= 0.3 is 5.97 Å². The van der Waals surface area contributed by atoms with E-state index in [1.54, 1.807) is 25.3 Å². The predicted molar refractivity (Wildman–Crippen MR) is 81.1 cm³/mol. The Bertz CT molecular complexity index is 610. The molecule has 0 unspecified atom stereocenters. The number of ether oxygens (including phenoxy) is 1. The molecule has 0 aromatic heterocycles. The summed E-state index contributed by atoms with van der Waals surface area (Å²) >= 11 is 0. The van der Waals surface area contributed by atoms with Crippen LogP contribution in [0.3, 0.4) is 0 Å². The molecule has 2 N–H and O–H groups in total. The molecule has 0 amide bonds. The van der Waals surface area contributed by atoms with Crippen LogP contribution in [-0.2, 0) is 24.4 Å². The van der Waals surface area contributed by atoms with Gasteiger partial charge in [-0.3, -0.25) is 0 Å². The number of carboxylic acids is 1. The highest BCUT2D eigenvalue weighted by Crippen LogP contribution is 2.10.